The van der Waals surface area contributed by atoms with Crippen molar-refractivity contribution in [1.29, 1.82) is 0 Å². The van der Waals surface area contributed by atoms with Crippen LogP contribution < -0.4 is 5.73 Å². The Kier molecular flexibility index (Phi) is 4.04. The van der Waals surface area contributed by atoms with Crippen molar-refractivity contribution in [2.24, 2.45) is 5.73 Å². The molecule has 17 heavy (non-hydrogen) atoms. The molecule has 2 fully saturated rings. The lowest BCUT2D eigenvalue weighted by molar-refractivity contribution is -0.0498. The molecule has 2 atom stereocenters. The van der Waals surface area contributed by atoms with Crippen LogP contribution in [0.5, 0.6) is 0 Å². The molecule has 0 saturated carbocycles. The highest BCUT2D eigenvalue weighted by molar-refractivity contribution is 7.86. The molecule has 0 bridgehead atoms. The molecule has 6 nitrogen and oxygen atoms in total. The van der Waals surface area contributed by atoms with E-state index in [1.165, 1.54) is 4.31 Å². The fraction of sp³-hybridized carbons (Fsp3) is 1.00. The third-order valence-corrected chi connectivity index (χ3v) is 5.24. The minimum absolute atomic E-state index is 0.0883. The molecule has 0 aromatic carbocycles. The van der Waals surface area contributed by atoms with Gasteiger partial charge < -0.3 is 10.5 Å². The van der Waals surface area contributed by atoms with Crippen LogP contribution in [0.4, 0.5) is 0 Å². The Morgan fingerprint density at radius 1 is 1.24 bits per heavy atom. The van der Waals surface area contributed by atoms with E-state index in [1.54, 1.807) is 4.31 Å². The molecule has 7 heteroatoms. The lowest BCUT2D eigenvalue weighted by Gasteiger charge is -2.37. The number of ether oxygens (including phenoxy) is 1. The highest BCUT2D eigenvalue weighted by Crippen LogP contribution is 2.20. The Bertz CT molecular complexity index is 354. The normalized spacial score (nSPS) is 33.1. The predicted molar refractivity (Wildman–Crippen MR) is 64.7 cm³/mol. The summed E-state index contributed by atoms with van der Waals surface area (Å²) in [5, 5.41) is 0. The Hall–Kier alpha value is -0.210. The van der Waals surface area contributed by atoms with Gasteiger partial charge in [-0.3, -0.25) is 0 Å². The minimum atomic E-state index is -3.31. The van der Waals surface area contributed by atoms with Gasteiger partial charge in [0, 0.05) is 32.7 Å². The van der Waals surface area contributed by atoms with Crippen molar-refractivity contribution < 1.29 is 13.2 Å². The van der Waals surface area contributed by atoms with Gasteiger partial charge in [0.15, 0.2) is 0 Å². The summed E-state index contributed by atoms with van der Waals surface area (Å²) in [4.78, 5) is 0. The fourth-order valence-electron chi connectivity index (χ4n) is 2.40. The van der Waals surface area contributed by atoms with Gasteiger partial charge in [0.1, 0.15) is 0 Å². The molecule has 2 rings (SSSR count). The topological polar surface area (TPSA) is 75.9 Å². The summed E-state index contributed by atoms with van der Waals surface area (Å²) >= 11 is 0. The lowest BCUT2D eigenvalue weighted by Crippen LogP contribution is -2.54. The number of nitrogens with zero attached hydrogens (tertiary/aromatic N) is 2. The second-order valence-electron chi connectivity index (χ2n) is 4.74. The second kappa shape index (κ2) is 5.19. The molecular formula is C10H21N3O3S. The number of hydrogen-bond acceptors (Lipinski definition) is 4. The molecule has 2 unspecified atom stereocenters. The molecule has 2 aliphatic heterocycles. The number of hydrogen-bond donors (Lipinski definition) is 1. The summed E-state index contributed by atoms with van der Waals surface area (Å²) < 4.78 is 33.4. The zero-order chi connectivity index (χ0) is 12.5. The number of rotatable bonds is 3. The van der Waals surface area contributed by atoms with Gasteiger partial charge >= 0.3 is 0 Å². The first kappa shape index (κ1) is 13.2. The Labute approximate surface area is 103 Å². The minimum Gasteiger partial charge on any atom is -0.371 e. The Morgan fingerprint density at radius 3 is 2.47 bits per heavy atom. The first-order valence-corrected chi connectivity index (χ1v) is 7.54. The van der Waals surface area contributed by atoms with Crippen LogP contribution in [0.3, 0.4) is 0 Å². The molecule has 2 heterocycles. The highest BCUT2D eigenvalue weighted by Gasteiger charge is 2.36. The number of morpholine rings is 1. The van der Waals surface area contributed by atoms with Gasteiger partial charge in [-0.15, -0.1) is 0 Å². The van der Waals surface area contributed by atoms with E-state index in [-0.39, 0.29) is 12.2 Å². The molecule has 100 valence electrons. The van der Waals surface area contributed by atoms with Crippen LogP contribution in [0.25, 0.3) is 0 Å². The molecule has 2 saturated heterocycles. The summed E-state index contributed by atoms with van der Waals surface area (Å²) in [6.07, 6.45) is 1.64. The van der Waals surface area contributed by atoms with E-state index in [9.17, 15) is 8.42 Å². The molecular weight excluding hydrogens is 242 g/mol. The van der Waals surface area contributed by atoms with Gasteiger partial charge in [-0.2, -0.15) is 17.0 Å². The van der Waals surface area contributed by atoms with Crippen LogP contribution in [0, 0.1) is 0 Å². The van der Waals surface area contributed by atoms with Gasteiger partial charge in [-0.25, -0.2) is 0 Å². The maximum Gasteiger partial charge on any atom is 0.282 e. The summed E-state index contributed by atoms with van der Waals surface area (Å²) in [5.41, 5.74) is 5.56. The van der Waals surface area contributed by atoms with Crippen LogP contribution in [0.2, 0.25) is 0 Å². The highest BCUT2D eigenvalue weighted by atomic mass is 32.2. The smallest absolute Gasteiger partial charge is 0.282 e. The molecule has 0 aliphatic carbocycles. The van der Waals surface area contributed by atoms with Gasteiger partial charge in [0.25, 0.3) is 10.2 Å². The summed E-state index contributed by atoms with van der Waals surface area (Å²) in [7, 11) is -3.31. The third-order valence-electron chi connectivity index (χ3n) is 3.27. The molecule has 0 radical (unpaired) electrons. The van der Waals surface area contributed by atoms with Gasteiger partial charge in [-0.05, 0) is 19.8 Å². The van der Waals surface area contributed by atoms with E-state index in [0.29, 0.717) is 32.7 Å². The first-order valence-electron chi connectivity index (χ1n) is 6.15. The van der Waals surface area contributed by atoms with Crippen LogP contribution in [0.1, 0.15) is 19.8 Å². The standard InChI is InChI=1S/C10H21N3O3S/c1-9-7-13(8-10(6-11)16-9)17(14,15)12-4-2-3-5-12/h9-10H,2-8,11H2,1H3. The van der Waals surface area contributed by atoms with E-state index in [1.807, 2.05) is 6.92 Å². The maximum absolute atomic E-state index is 12.4. The van der Waals surface area contributed by atoms with Crippen molar-refractivity contribution in [2.45, 2.75) is 32.0 Å². The van der Waals surface area contributed by atoms with Crippen molar-refractivity contribution >= 4 is 10.2 Å². The van der Waals surface area contributed by atoms with E-state index < -0.39 is 10.2 Å². The van der Waals surface area contributed by atoms with Crippen LogP contribution in [0.15, 0.2) is 0 Å². The molecule has 0 aromatic rings. The van der Waals surface area contributed by atoms with Gasteiger partial charge in [0.2, 0.25) is 0 Å². The Balaban J connectivity index is 2.09. The summed E-state index contributed by atoms with van der Waals surface area (Å²) in [6, 6.07) is 0. The van der Waals surface area contributed by atoms with Crippen molar-refractivity contribution in [3.05, 3.63) is 0 Å². The second-order valence-corrected chi connectivity index (χ2v) is 6.66. The van der Waals surface area contributed by atoms with Gasteiger partial charge in [-0.1, -0.05) is 0 Å². The predicted octanol–water partition coefficient (Wildman–Crippen LogP) is -0.625. The third kappa shape index (κ3) is 2.79. The van der Waals surface area contributed by atoms with Crippen LogP contribution >= 0.6 is 0 Å². The fourth-order valence-corrected chi connectivity index (χ4v) is 4.20. The van der Waals surface area contributed by atoms with Crippen molar-refractivity contribution in [1.82, 2.24) is 8.61 Å². The van der Waals surface area contributed by atoms with E-state index in [2.05, 4.69) is 0 Å². The van der Waals surface area contributed by atoms with Crippen LogP contribution in [-0.4, -0.2) is 62.0 Å². The average molecular weight is 263 g/mol. The Morgan fingerprint density at radius 2 is 1.88 bits per heavy atom. The van der Waals surface area contributed by atoms with Crippen molar-refractivity contribution in [3.63, 3.8) is 0 Å². The number of nitrogens with two attached hydrogens (primary N) is 1. The zero-order valence-corrected chi connectivity index (χ0v) is 11.0. The monoisotopic (exact) mass is 263 g/mol. The molecule has 2 aliphatic rings. The molecule has 0 amide bonds. The molecule has 2 N–H and O–H groups in total. The van der Waals surface area contributed by atoms with E-state index in [0.717, 1.165) is 12.8 Å². The largest absolute Gasteiger partial charge is 0.371 e. The zero-order valence-electron chi connectivity index (χ0n) is 10.2. The summed E-state index contributed by atoms with van der Waals surface area (Å²) in [6.45, 7) is 4.32. The maximum atomic E-state index is 12.4. The lowest BCUT2D eigenvalue weighted by atomic mass is 10.2. The molecule has 0 aromatic heterocycles. The SMILES string of the molecule is CC1CN(S(=O)(=O)N2CCCC2)CC(CN)O1. The summed E-state index contributed by atoms with van der Waals surface area (Å²) in [5.74, 6) is 0. The van der Waals surface area contributed by atoms with E-state index >= 15 is 0 Å². The first-order chi connectivity index (χ1) is 8.04. The van der Waals surface area contributed by atoms with Crippen LogP contribution in [-0.2, 0) is 14.9 Å². The van der Waals surface area contributed by atoms with Gasteiger partial charge in [0.05, 0.1) is 12.2 Å². The molecule has 0 spiro atoms. The van der Waals surface area contributed by atoms with Crippen molar-refractivity contribution in [2.75, 3.05) is 32.7 Å². The quantitative estimate of drug-likeness (QED) is 0.736. The van der Waals surface area contributed by atoms with Crippen molar-refractivity contribution in [3.8, 4) is 0 Å². The van der Waals surface area contributed by atoms with E-state index in [4.69, 9.17) is 10.5 Å². The average Bonchev–Trinajstić information content (AvgIpc) is 2.82.